The minimum atomic E-state index is -0.726. The van der Waals surface area contributed by atoms with Gasteiger partial charge in [-0.25, -0.2) is 4.68 Å². The van der Waals surface area contributed by atoms with E-state index in [1.54, 1.807) is 28.6 Å². The van der Waals surface area contributed by atoms with Gasteiger partial charge in [-0.2, -0.15) is 5.10 Å². The molecule has 0 aliphatic carbocycles. The summed E-state index contributed by atoms with van der Waals surface area (Å²) >= 11 is 7.58. The van der Waals surface area contributed by atoms with E-state index in [1.807, 2.05) is 49.6 Å². The molecule has 1 unspecified atom stereocenters. The topological polar surface area (TPSA) is 76.0 Å². The Balaban J connectivity index is 1.68. The van der Waals surface area contributed by atoms with E-state index < -0.39 is 6.04 Å². The summed E-state index contributed by atoms with van der Waals surface area (Å²) in [5.74, 6) is 0.0647. The first-order valence-corrected chi connectivity index (χ1v) is 10.7. The van der Waals surface area contributed by atoms with Crippen molar-refractivity contribution in [3.8, 4) is 11.3 Å². The fourth-order valence-corrected chi connectivity index (χ4v) is 3.94. The van der Waals surface area contributed by atoms with Crippen molar-refractivity contribution in [1.29, 1.82) is 0 Å². The maximum absolute atomic E-state index is 13.0. The Bertz CT molecular complexity index is 1090. The van der Waals surface area contributed by atoms with Crippen LogP contribution < -0.4 is 10.6 Å². The summed E-state index contributed by atoms with van der Waals surface area (Å²) in [6.07, 6.45) is 2.01. The largest absolute Gasteiger partial charge is 0.324 e. The molecule has 1 aliphatic heterocycles. The Morgan fingerprint density at radius 2 is 2.03 bits per heavy atom. The zero-order valence-electron chi connectivity index (χ0n) is 15.9. The van der Waals surface area contributed by atoms with Crippen molar-refractivity contribution in [1.82, 2.24) is 9.78 Å². The van der Waals surface area contributed by atoms with Crippen LogP contribution in [0.15, 0.2) is 53.4 Å². The van der Waals surface area contributed by atoms with Crippen molar-refractivity contribution >= 4 is 46.7 Å². The molecule has 29 heavy (non-hydrogen) atoms. The third-order valence-electron chi connectivity index (χ3n) is 4.84. The number of hydrogen-bond donors (Lipinski definition) is 2. The highest BCUT2D eigenvalue weighted by molar-refractivity contribution is 7.98. The summed E-state index contributed by atoms with van der Waals surface area (Å²) in [5, 5.41) is 11.1. The number of nitrogens with zero attached hydrogens (tertiary/aromatic N) is 2. The van der Waals surface area contributed by atoms with Gasteiger partial charge in [-0.1, -0.05) is 29.8 Å². The molecular weight excluding hydrogens is 408 g/mol. The van der Waals surface area contributed by atoms with Gasteiger partial charge in [-0.3, -0.25) is 9.59 Å². The summed E-state index contributed by atoms with van der Waals surface area (Å²) in [5.41, 5.74) is 3.08. The van der Waals surface area contributed by atoms with Gasteiger partial charge in [0.05, 0.1) is 12.1 Å². The molecule has 2 N–H and O–H groups in total. The highest BCUT2D eigenvalue weighted by Gasteiger charge is 2.34. The molecule has 8 heteroatoms. The fraction of sp³-hybridized carbons (Fsp3) is 0.190. The first-order valence-electron chi connectivity index (χ1n) is 9.06. The lowest BCUT2D eigenvalue weighted by Gasteiger charge is -2.24. The number of fused-ring (bicyclic) bond motifs is 1. The molecule has 2 aromatic carbocycles. The van der Waals surface area contributed by atoms with Gasteiger partial charge in [-0.05, 0) is 43.5 Å². The van der Waals surface area contributed by atoms with Gasteiger partial charge in [0, 0.05) is 26.7 Å². The standard InChI is InChI=1S/C21H19ClN4O2S/c1-12-19(13-6-8-14(22)9-7-13)25-26-17(11-18(27)24-20(12)26)21(28)23-15-4-3-5-16(10-15)29-2/h3-10,17H,11H2,1-2H3,(H,23,28)(H,24,27). The Morgan fingerprint density at radius 3 is 2.76 bits per heavy atom. The number of anilines is 2. The molecule has 1 aromatic heterocycles. The molecule has 0 saturated carbocycles. The predicted molar refractivity (Wildman–Crippen MR) is 117 cm³/mol. The van der Waals surface area contributed by atoms with E-state index in [-0.39, 0.29) is 18.2 Å². The van der Waals surface area contributed by atoms with Crippen molar-refractivity contribution in [3.63, 3.8) is 0 Å². The number of thioether (sulfide) groups is 1. The molecule has 148 valence electrons. The van der Waals surface area contributed by atoms with Gasteiger partial charge >= 0.3 is 0 Å². The minimum absolute atomic E-state index is 0.0300. The minimum Gasteiger partial charge on any atom is -0.324 e. The van der Waals surface area contributed by atoms with Crippen LogP contribution in [0.25, 0.3) is 11.3 Å². The summed E-state index contributed by atoms with van der Waals surface area (Å²) in [7, 11) is 0. The molecule has 1 aliphatic rings. The van der Waals surface area contributed by atoms with Crippen LogP contribution >= 0.6 is 23.4 Å². The van der Waals surface area contributed by atoms with Crippen LogP contribution in [0.5, 0.6) is 0 Å². The van der Waals surface area contributed by atoms with E-state index in [4.69, 9.17) is 11.6 Å². The summed E-state index contributed by atoms with van der Waals surface area (Å²) in [4.78, 5) is 26.3. The Hall–Kier alpha value is -2.77. The quantitative estimate of drug-likeness (QED) is 0.590. The van der Waals surface area contributed by atoms with E-state index in [1.165, 1.54) is 0 Å². The summed E-state index contributed by atoms with van der Waals surface area (Å²) in [6, 6.07) is 14.2. The van der Waals surface area contributed by atoms with E-state index in [2.05, 4.69) is 15.7 Å². The second-order valence-electron chi connectivity index (χ2n) is 6.76. The predicted octanol–water partition coefficient (Wildman–Crippen LogP) is 4.76. The van der Waals surface area contributed by atoms with Gasteiger partial charge in [0.2, 0.25) is 11.8 Å². The average molecular weight is 427 g/mol. The average Bonchev–Trinajstić information content (AvgIpc) is 3.04. The zero-order chi connectivity index (χ0) is 20.5. The fourth-order valence-electron chi connectivity index (χ4n) is 3.35. The maximum atomic E-state index is 13.0. The molecule has 3 aromatic rings. The van der Waals surface area contributed by atoms with Crippen molar-refractivity contribution in [2.45, 2.75) is 24.3 Å². The lowest BCUT2D eigenvalue weighted by molar-refractivity contribution is -0.125. The molecule has 0 spiro atoms. The summed E-state index contributed by atoms with van der Waals surface area (Å²) in [6.45, 7) is 1.88. The van der Waals surface area contributed by atoms with Crippen LogP contribution in [0.3, 0.4) is 0 Å². The van der Waals surface area contributed by atoms with Gasteiger partial charge in [0.1, 0.15) is 11.9 Å². The number of carbonyl (C=O) groups is 2. The third-order valence-corrected chi connectivity index (χ3v) is 5.81. The van der Waals surface area contributed by atoms with Crippen molar-refractivity contribution in [3.05, 3.63) is 59.1 Å². The second kappa shape index (κ2) is 7.93. The molecule has 2 amide bonds. The molecule has 4 rings (SSSR count). The van der Waals surface area contributed by atoms with Crippen LogP contribution in [-0.2, 0) is 9.59 Å². The first-order chi connectivity index (χ1) is 14.0. The second-order valence-corrected chi connectivity index (χ2v) is 8.08. The van der Waals surface area contributed by atoms with Crippen molar-refractivity contribution in [2.24, 2.45) is 0 Å². The number of nitrogens with one attached hydrogen (secondary N) is 2. The van der Waals surface area contributed by atoms with Gasteiger partial charge in [0.25, 0.3) is 0 Å². The molecule has 1 atom stereocenters. The van der Waals surface area contributed by atoms with Gasteiger partial charge < -0.3 is 10.6 Å². The Kier molecular flexibility index (Phi) is 5.34. The van der Waals surface area contributed by atoms with Crippen LogP contribution in [-0.4, -0.2) is 27.9 Å². The van der Waals surface area contributed by atoms with Crippen LogP contribution in [0.1, 0.15) is 18.0 Å². The number of halogens is 1. The lowest BCUT2D eigenvalue weighted by atomic mass is 10.1. The number of aromatic nitrogens is 2. The normalized spacial score (nSPS) is 15.6. The molecule has 0 bridgehead atoms. The molecule has 0 radical (unpaired) electrons. The van der Waals surface area contributed by atoms with Crippen molar-refractivity contribution < 1.29 is 9.59 Å². The molecule has 0 saturated heterocycles. The Morgan fingerprint density at radius 1 is 1.28 bits per heavy atom. The number of benzene rings is 2. The SMILES string of the molecule is CSc1cccc(NC(=O)C2CC(=O)Nc3c(C)c(-c4ccc(Cl)cc4)nn32)c1. The van der Waals surface area contributed by atoms with Crippen molar-refractivity contribution in [2.75, 3.05) is 16.9 Å². The number of hydrogen-bond acceptors (Lipinski definition) is 4. The Labute approximate surface area is 177 Å². The first kappa shape index (κ1) is 19.5. The molecule has 0 fully saturated rings. The van der Waals surface area contributed by atoms with Gasteiger partial charge in [0.15, 0.2) is 0 Å². The van der Waals surface area contributed by atoms with Crippen LogP contribution in [0.2, 0.25) is 5.02 Å². The van der Waals surface area contributed by atoms with E-state index in [0.717, 1.165) is 16.0 Å². The van der Waals surface area contributed by atoms with Crippen LogP contribution in [0, 0.1) is 6.92 Å². The monoisotopic (exact) mass is 426 g/mol. The third kappa shape index (κ3) is 3.88. The highest BCUT2D eigenvalue weighted by Crippen LogP contribution is 2.35. The molecular formula is C21H19ClN4O2S. The lowest BCUT2D eigenvalue weighted by Crippen LogP contribution is -2.35. The van der Waals surface area contributed by atoms with E-state index >= 15 is 0 Å². The zero-order valence-corrected chi connectivity index (χ0v) is 17.5. The van der Waals surface area contributed by atoms with E-state index in [9.17, 15) is 9.59 Å². The number of carbonyl (C=O) groups excluding carboxylic acids is 2. The number of rotatable bonds is 4. The summed E-state index contributed by atoms with van der Waals surface area (Å²) < 4.78 is 1.61. The maximum Gasteiger partial charge on any atom is 0.249 e. The van der Waals surface area contributed by atoms with Crippen LogP contribution in [0.4, 0.5) is 11.5 Å². The van der Waals surface area contributed by atoms with E-state index in [0.29, 0.717) is 22.2 Å². The number of amides is 2. The molecule has 6 nitrogen and oxygen atoms in total. The molecule has 2 heterocycles. The highest BCUT2D eigenvalue weighted by atomic mass is 35.5. The smallest absolute Gasteiger partial charge is 0.249 e. The van der Waals surface area contributed by atoms with Gasteiger partial charge in [-0.15, -0.1) is 11.8 Å².